The number of carbonyl (C=O) groups excluding carboxylic acids is 3. The first-order valence-corrected chi connectivity index (χ1v) is 13.1. The zero-order valence-corrected chi connectivity index (χ0v) is 21.1. The second kappa shape index (κ2) is 9.71. The summed E-state index contributed by atoms with van der Waals surface area (Å²) in [7, 11) is 0. The van der Waals surface area contributed by atoms with Crippen molar-refractivity contribution in [1.82, 2.24) is 20.6 Å². The first-order chi connectivity index (χ1) is 18.5. The number of pyridine rings is 2. The van der Waals surface area contributed by atoms with Crippen molar-refractivity contribution < 1.29 is 14.4 Å². The van der Waals surface area contributed by atoms with E-state index in [-0.39, 0.29) is 29.9 Å². The predicted molar refractivity (Wildman–Crippen MR) is 148 cm³/mol. The Labute approximate surface area is 222 Å². The number of amides is 4. The molecule has 2 aliphatic rings. The molecule has 3 N–H and O–H groups in total. The standard InChI is InChI=1S/C28H24N6O3S/c1-2-22(35)31-19-9-4-10-20(19)32-26(36)25-24-23-21(11-13-30-27(23)38-25)34(28(37)33-24)18-8-3-6-16(14-18)17-7-5-12-29-15-17/h2-3,5-8,11-15,19-20H,1,4,9-10H2,(H,31,35)(H,32,36)(H,33,37)/t19?,20-/m1/s1. The van der Waals surface area contributed by atoms with Gasteiger partial charge in [-0.3, -0.25) is 19.5 Å². The van der Waals surface area contributed by atoms with Gasteiger partial charge in [-0.05, 0) is 55.2 Å². The fraction of sp³-hybridized carbons (Fsp3) is 0.179. The first kappa shape index (κ1) is 23.8. The van der Waals surface area contributed by atoms with E-state index in [9.17, 15) is 14.4 Å². The number of rotatable bonds is 6. The molecule has 0 radical (unpaired) electrons. The Bertz CT molecular complexity index is 1580. The molecule has 1 saturated carbocycles. The molecule has 4 amide bonds. The average molecular weight is 525 g/mol. The van der Waals surface area contributed by atoms with Crippen molar-refractivity contribution >= 4 is 56.5 Å². The van der Waals surface area contributed by atoms with E-state index in [0.29, 0.717) is 26.8 Å². The van der Waals surface area contributed by atoms with Gasteiger partial charge in [-0.1, -0.05) is 24.8 Å². The maximum absolute atomic E-state index is 13.5. The highest BCUT2D eigenvalue weighted by molar-refractivity contribution is 7.21. The van der Waals surface area contributed by atoms with Crippen LogP contribution in [0.1, 0.15) is 28.9 Å². The normalized spacial score (nSPS) is 18.2. The molecule has 9 nitrogen and oxygen atoms in total. The van der Waals surface area contributed by atoms with Crippen molar-refractivity contribution in [1.29, 1.82) is 0 Å². The molecule has 38 heavy (non-hydrogen) atoms. The molecule has 0 bridgehead atoms. The summed E-state index contributed by atoms with van der Waals surface area (Å²) in [5.41, 5.74) is 3.67. The number of benzene rings is 1. The quantitative estimate of drug-likeness (QED) is 0.307. The van der Waals surface area contributed by atoms with Gasteiger partial charge < -0.3 is 16.0 Å². The topological polar surface area (TPSA) is 116 Å². The zero-order chi connectivity index (χ0) is 26.2. The number of nitrogens with one attached hydrogen (secondary N) is 3. The van der Waals surface area contributed by atoms with Crippen LogP contribution in [0.4, 0.5) is 21.9 Å². The molecular formula is C28H24N6O3S. The van der Waals surface area contributed by atoms with Crippen molar-refractivity contribution in [3.8, 4) is 11.1 Å². The molecule has 1 aliphatic carbocycles. The second-order valence-corrected chi connectivity index (χ2v) is 10.2. The summed E-state index contributed by atoms with van der Waals surface area (Å²) in [5.74, 6) is -0.562. The lowest BCUT2D eigenvalue weighted by atomic mass is 10.1. The SMILES string of the molecule is C=CC(=O)NC1CCC[C@H]1NC(=O)c1sc2nccc3c2c1NC(=O)N3c1cccc(-c2cccnc2)c1. The molecule has 4 aromatic rings. The monoisotopic (exact) mass is 524 g/mol. The maximum Gasteiger partial charge on any atom is 0.331 e. The smallest absolute Gasteiger partial charge is 0.331 e. The van der Waals surface area contributed by atoms with Crippen LogP contribution in [0.3, 0.4) is 0 Å². The molecule has 6 rings (SSSR count). The number of nitrogens with zero attached hydrogens (tertiary/aromatic N) is 3. The van der Waals surface area contributed by atoms with E-state index in [1.54, 1.807) is 29.6 Å². The Kier molecular flexibility index (Phi) is 6.09. The van der Waals surface area contributed by atoms with Crippen LogP contribution in [-0.2, 0) is 4.79 Å². The van der Waals surface area contributed by atoms with E-state index in [1.165, 1.54) is 17.4 Å². The molecular weight excluding hydrogens is 500 g/mol. The molecule has 0 saturated heterocycles. The Hall–Kier alpha value is -4.57. The lowest BCUT2D eigenvalue weighted by Crippen LogP contribution is -2.48. The van der Waals surface area contributed by atoms with Crippen molar-refractivity contribution in [2.75, 3.05) is 10.2 Å². The fourth-order valence-electron chi connectivity index (χ4n) is 5.14. The molecule has 3 aromatic heterocycles. The number of hydrogen-bond donors (Lipinski definition) is 3. The first-order valence-electron chi connectivity index (χ1n) is 12.3. The molecule has 4 heterocycles. The Balaban J connectivity index is 1.34. The van der Waals surface area contributed by atoms with E-state index in [2.05, 4.69) is 32.5 Å². The van der Waals surface area contributed by atoms with Gasteiger partial charge in [0, 0.05) is 36.2 Å². The third-order valence-corrected chi connectivity index (χ3v) is 7.99. The van der Waals surface area contributed by atoms with Gasteiger partial charge in [0.05, 0.1) is 22.4 Å². The Morgan fingerprint density at radius 3 is 2.68 bits per heavy atom. The minimum absolute atomic E-state index is 0.166. The highest BCUT2D eigenvalue weighted by Crippen LogP contribution is 2.46. The number of aromatic nitrogens is 2. The van der Waals surface area contributed by atoms with Gasteiger partial charge in [-0.2, -0.15) is 0 Å². The number of urea groups is 1. The second-order valence-electron chi connectivity index (χ2n) is 9.20. The van der Waals surface area contributed by atoms with Crippen LogP contribution >= 0.6 is 11.3 Å². The molecule has 1 fully saturated rings. The van der Waals surface area contributed by atoms with Crippen molar-refractivity contribution in [3.63, 3.8) is 0 Å². The number of hydrogen-bond acceptors (Lipinski definition) is 6. The van der Waals surface area contributed by atoms with E-state index in [4.69, 9.17) is 0 Å². The summed E-state index contributed by atoms with van der Waals surface area (Å²) in [6.45, 7) is 3.50. The summed E-state index contributed by atoms with van der Waals surface area (Å²) in [5, 5.41) is 9.62. The molecule has 0 spiro atoms. The van der Waals surface area contributed by atoms with E-state index in [1.807, 2.05) is 36.4 Å². The third-order valence-electron chi connectivity index (χ3n) is 6.90. The van der Waals surface area contributed by atoms with E-state index < -0.39 is 0 Å². The average Bonchev–Trinajstić information content (AvgIpc) is 3.54. The summed E-state index contributed by atoms with van der Waals surface area (Å²) in [4.78, 5) is 50.0. The van der Waals surface area contributed by atoms with Gasteiger partial charge in [0.2, 0.25) is 5.91 Å². The predicted octanol–water partition coefficient (Wildman–Crippen LogP) is 5.00. The summed E-state index contributed by atoms with van der Waals surface area (Å²) in [6.07, 6.45) is 8.79. The Morgan fingerprint density at radius 2 is 1.89 bits per heavy atom. The lowest BCUT2D eigenvalue weighted by molar-refractivity contribution is -0.117. The van der Waals surface area contributed by atoms with Crippen LogP contribution in [0, 0.1) is 0 Å². The van der Waals surface area contributed by atoms with Gasteiger partial charge in [0.1, 0.15) is 9.71 Å². The highest BCUT2D eigenvalue weighted by Gasteiger charge is 2.35. The van der Waals surface area contributed by atoms with E-state index >= 15 is 0 Å². The zero-order valence-electron chi connectivity index (χ0n) is 20.3. The largest absolute Gasteiger partial charge is 0.348 e. The number of thiophene rings is 1. The van der Waals surface area contributed by atoms with Gasteiger partial charge in [0.15, 0.2) is 0 Å². The van der Waals surface area contributed by atoms with Crippen molar-refractivity contribution in [2.45, 2.75) is 31.3 Å². The van der Waals surface area contributed by atoms with Crippen LogP contribution in [0.2, 0.25) is 0 Å². The minimum Gasteiger partial charge on any atom is -0.348 e. The molecule has 10 heteroatoms. The van der Waals surface area contributed by atoms with Crippen LogP contribution in [0.5, 0.6) is 0 Å². The van der Waals surface area contributed by atoms with Gasteiger partial charge in [0.25, 0.3) is 5.91 Å². The Morgan fingerprint density at radius 1 is 1.08 bits per heavy atom. The van der Waals surface area contributed by atoms with Gasteiger partial charge >= 0.3 is 6.03 Å². The number of carbonyl (C=O) groups is 3. The third kappa shape index (κ3) is 4.18. The van der Waals surface area contributed by atoms with Crippen LogP contribution < -0.4 is 20.9 Å². The summed E-state index contributed by atoms with van der Waals surface area (Å²) in [6, 6.07) is 12.6. The van der Waals surface area contributed by atoms with Crippen molar-refractivity contribution in [3.05, 3.63) is 78.6 Å². The molecule has 1 aromatic carbocycles. The summed E-state index contributed by atoms with van der Waals surface area (Å²) < 4.78 is 0. The molecule has 190 valence electrons. The van der Waals surface area contributed by atoms with Crippen LogP contribution in [0.25, 0.3) is 21.3 Å². The van der Waals surface area contributed by atoms with Gasteiger partial charge in [-0.15, -0.1) is 11.3 Å². The fourth-order valence-corrected chi connectivity index (χ4v) is 6.16. The molecule has 2 atom stereocenters. The molecule has 1 unspecified atom stereocenters. The minimum atomic E-state index is -0.363. The number of anilines is 3. The molecule has 1 aliphatic heterocycles. The van der Waals surface area contributed by atoms with Crippen LogP contribution in [-0.4, -0.2) is 39.9 Å². The van der Waals surface area contributed by atoms with Gasteiger partial charge in [-0.25, -0.2) is 9.78 Å². The van der Waals surface area contributed by atoms with E-state index in [0.717, 1.165) is 35.8 Å². The maximum atomic E-state index is 13.5. The van der Waals surface area contributed by atoms with Crippen molar-refractivity contribution in [2.24, 2.45) is 0 Å². The highest BCUT2D eigenvalue weighted by atomic mass is 32.1. The summed E-state index contributed by atoms with van der Waals surface area (Å²) >= 11 is 1.24. The lowest BCUT2D eigenvalue weighted by Gasteiger charge is -2.29. The van der Waals surface area contributed by atoms with Crippen LogP contribution in [0.15, 0.2) is 73.7 Å².